The van der Waals surface area contributed by atoms with Crippen LogP contribution in [0.1, 0.15) is 26.7 Å². The van der Waals surface area contributed by atoms with E-state index in [0.717, 1.165) is 37.5 Å². The van der Waals surface area contributed by atoms with E-state index in [4.69, 9.17) is 9.47 Å². The van der Waals surface area contributed by atoms with Gasteiger partial charge in [-0.1, -0.05) is 0 Å². The molecule has 1 saturated heterocycles. The number of anilines is 1. The maximum absolute atomic E-state index is 11.7. The van der Waals surface area contributed by atoms with Crippen LogP contribution in [0.25, 0.3) is 0 Å². The van der Waals surface area contributed by atoms with Crippen molar-refractivity contribution < 1.29 is 14.3 Å². The highest BCUT2D eigenvalue weighted by Gasteiger charge is 2.27. The summed E-state index contributed by atoms with van der Waals surface area (Å²) in [6.07, 6.45) is 3.39. The van der Waals surface area contributed by atoms with Crippen molar-refractivity contribution in [1.29, 1.82) is 0 Å². The van der Waals surface area contributed by atoms with E-state index in [-0.39, 0.29) is 11.9 Å². The third kappa shape index (κ3) is 3.40. The first-order chi connectivity index (χ1) is 9.76. The Bertz CT molecular complexity index is 442. The zero-order valence-electron chi connectivity index (χ0n) is 12.2. The molecule has 5 nitrogen and oxygen atoms in total. The molecule has 110 valence electrons. The van der Waals surface area contributed by atoms with Gasteiger partial charge in [0.1, 0.15) is 0 Å². The lowest BCUT2D eigenvalue weighted by atomic mass is 9.97. The molecule has 1 aliphatic heterocycles. The van der Waals surface area contributed by atoms with Gasteiger partial charge in [0.05, 0.1) is 19.1 Å². The molecule has 0 N–H and O–H groups in total. The first kappa shape index (κ1) is 14.6. The summed E-state index contributed by atoms with van der Waals surface area (Å²) in [5.74, 6) is 1.63. The average Bonchev–Trinajstić information content (AvgIpc) is 2.49. The molecule has 1 aliphatic rings. The summed E-state index contributed by atoms with van der Waals surface area (Å²) in [6.45, 7) is 6.49. The summed E-state index contributed by atoms with van der Waals surface area (Å²) in [6, 6.07) is 3.81. The fraction of sp³-hybridized carbons (Fsp3) is 0.600. The molecule has 0 amide bonds. The van der Waals surface area contributed by atoms with Gasteiger partial charge in [0.25, 0.3) is 0 Å². The van der Waals surface area contributed by atoms with Crippen LogP contribution in [0, 0.1) is 5.92 Å². The van der Waals surface area contributed by atoms with E-state index in [1.54, 1.807) is 6.20 Å². The molecular weight excluding hydrogens is 256 g/mol. The first-order valence-corrected chi connectivity index (χ1v) is 7.25. The van der Waals surface area contributed by atoms with Gasteiger partial charge in [0.2, 0.25) is 0 Å². The van der Waals surface area contributed by atoms with Gasteiger partial charge in [-0.25, -0.2) is 4.98 Å². The first-order valence-electron chi connectivity index (χ1n) is 7.25. The standard InChI is InChI=1S/C15H22N2O3/c1-3-19-13-6-5-9-16-14(13)17-10-7-12(8-11-17)15(18)20-4-2/h5-6,9,12H,3-4,7-8,10-11H2,1-2H3. The van der Waals surface area contributed by atoms with E-state index in [1.165, 1.54) is 0 Å². The fourth-order valence-corrected chi connectivity index (χ4v) is 2.47. The van der Waals surface area contributed by atoms with Crippen LogP contribution in [0.4, 0.5) is 5.82 Å². The molecule has 0 aliphatic carbocycles. The maximum atomic E-state index is 11.7. The quantitative estimate of drug-likeness (QED) is 0.773. The minimum absolute atomic E-state index is 0.0189. The normalized spacial score (nSPS) is 16.0. The van der Waals surface area contributed by atoms with Crippen LogP contribution in [-0.2, 0) is 9.53 Å². The third-order valence-electron chi connectivity index (χ3n) is 3.47. The van der Waals surface area contributed by atoms with Crippen molar-refractivity contribution in [3.8, 4) is 5.75 Å². The SMILES string of the molecule is CCOC(=O)C1CCN(c2ncccc2OCC)CC1. The highest BCUT2D eigenvalue weighted by atomic mass is 16.5. The Morgan fingerprint density at radius 1 is 1.35 bits per heavy atom. The monoisotopic (exact) mass is 278 g/mol. The maximum Gasteiger partial charge on any atom is 0.309 e. The minimum atomic E-state index is -0.0711. The molecule has 20 heavy (non-hydrogen) atoms. The molecule has 0 aromatic carbocycles. The van der Waals surface area contributed by atoms with Crippen LogP contribution in [-0.4, -0.2) is 37.3 Å². The second-order valence-electron chi connectivity index (χ2n) is 4.77. The Kier molecular flexibility index (Phi) is 5.21. The average molecular weight is 278 g/mol. The Balaban J connectivity index is 1.98. The van der Waals surface area contributed by atoms with Gasteiger partial charge in [0, 0.05) is 19.3 Å². The number of hydrogen-bond donors (Lipinski definition) is 0. The zero-order chi connectivity index (χ0) is 14.4. The summed E-state index contributed by atoms with van der Waals surface area (Å²) in [4.78, 5) is 18.3. The lowest BCUT2D eigenvalue weighted by Crippen LogP contribution is -2.37. The zero-order valence-corrected chi connectivity index (χ0v) is 12.2. The molecular formula is C15H22N2O3. The van der Waals surface area contributed by atoms with E-state index in [0.29, 0.717) is 13.2 Å². The Hall–Kier alpha value is -1.78. The molecule has 0 bridgehead atoms. The van der Waals surface area contributed by atoms with Crippen LogP contribution in [0.5, 0.6) is 5.75 Å². The van der Waals surface area contributed by atoms with Crippen molar-refractivity contribution in [3.05, 3.63) is 18.3 Å². The summed E-state index contributed by atoms with van der Waals surface area (Å²) in [5, 5.41) is 0. The largest absolute Gasteiger partial charge is 0.490 e. The van der Waals surface area contributed by atoms with Gasteiger partial charge < -0.3 is 14.4 Å². The Morgan fingerprint density at radius 3 is 2.75 bits per heavy atom. The number of hydrogen-bond acceptors (Lipinski definition) is 5. The van der Waals surface area contributed by atoms with Crippen LogP contribution in [0.2, 0.25) is 0 Å². The van der Waals surface area contributed by atoms with Crippen LogP contribution >= 0.6 is 0 Å². The van der Waals surface area contributed by atoms with E-state index in [1.807, 2.05) is 26.0 Å². The number of esters is 1. The van der Waals surface area contributed by atoms with E-state index >= 15 is 0 Å². The number of nitrogens with zero attached hydrogens (tertiary/aromatic N) is 2. The minimum Gasteiger partial charge on any atom is -0.490 e. The van der Waals surface area contributed by atoms with Crippen molar-refractivity contribution in [2.24, 2.45) is 5.92 Å². The molecule has 0 saturated carbocycles. The highest BCUT2D eigenvalue weighted by Crippen LogP contribution is 2.29. The molecule has 0 spiro atoms. The third-order valence-corrected chi connectivity index (χ3v) is 3.47. The number of carbonyl (C=O) groups is 1. The fourth-order valence-electron chi connectivity index (χ4n) is 2.47. The molecule has 5 heteroatoms. The second-order valence-corrected chi connectivity index (χ2v) is 4.77. The van der Waals surface area contributed by atoms with Crippen LogP contribution in [0.15, 0.2) is 18.3 Å². The molecule has 0 atom stereocenters. The van der Waals surface area contributed by atoms with Crippen molar-refractivity contribution in [1.82, 2.24) is 4.98 Å². The van der Waals surface area contributed by atoms with E-state index in [9.17, 15) is 4.79 Å². The van der Waals surface area contributed by atoms with Gasteiger partial charge in [0.15, 0.2) is 11.6 Å². The van der Waals surface area contributed by atoms with Gasteiger partial charge >= 0.3 is 5.97 Å². The van der Waals surface area contributed by atoms with E-state index in [2.05, 4.69) is 9.88 Å². The number of rotatable bonds is 5. The molecule has 1 aromatic rings. The summed E-state index contributed by atoms with van der Waals surface area (Å²) in [7, 11) is 0. The summed E-state index contributed by atoms with van der Waals surface area (Å²) >= 11 is 0. The number of aromatic nitrogens is 1. The van der Waals surface area contributed by atoms with Gasteiger partial charge in [-0.2, -0.15) is 0 Å². The van der Waals surface area contributed by atoms with Crippen molar-refractivity contribution in [2.75, 3.05) is 31.2 Å². The topological polar surface area (TPSA) is 51.7 Å². The van der Waals surface area contributed by atoms with Gasteiger partial charge in [-0.05, 0) is 38.8 Å². The number of pyridine rings is 1. The predicted octanol–water partition coefficient (Wildman–Crippen LogP) is 2.26. The van der Waals surface area contributed by atoms with Crippen LogP contribution < -0.4 is 9.64 Å². The van der Waals surface area contributed by atoms with Gasteiger partial charge in [-0.3, -0.25) is 4.79 Å². The smallest absolute Gasteiger partial charge is 0.309 e. The lowest BCUT2D eigenvalue weighted by Gasteiger charge is -2.32. The predicted molar refractivity (Wildman–Crippen MR) is 77.0 cm³/mol. The second kappa shape index (κ2) is 7.12. The molecule has 1 fully saturated rings. The molecule has 0 radical (unpaired) electrons. The number of piperidine rings is 1. The van der Waals surface area contributed by atoms with Crippen molar-refractivity contribution in [3.63, 3.8) is 0 Å². The molecule has 2 heterocycles. The molecule has 2 rings (SSSR count). The summed E-state index contributed by atoms with van der Waals surface area (Å²) < 4.78 is 10.7. The van der Waals surface area contributed by atoms with E-state index < -0.39 is 0 Å². The Labute approximate surface area is 119 Å². The highest BCUT2D eigenvalue weighted by molar-refractivity contribution is 5.73. The Morgan fingerprint density at radius 2 is 2.10 bits per heavy atom. The number of carbonyl (C=O) groups excluding carboxylic acids is 1. The molecule has 1 aromatic heterocycles. The lowest BCUT2D eigenvalue weighted by molar-refractivity contribution is -0.148. The van der Waals surface area contributed by atoms with Crippen LogP contribution in [0.3, 0.4) is 0 Å². The molecule has 0 unspecified atom stereocenters. The van der Waals surface area contributed by atoms with Gasteiger partial charge in [-0.15, -0.1) is 0 Å². The van der Waals surface area contributed by atoms with Crippen molar-refractivity contribution in [2.45, 2.75) is 26.7 Å². The number of ether oxygens (including phenoxy) is 2. The van der Waals surface area contributed by atoms with Crippen molar-refractivity contribution >= 4 is 11.8 Å². The summed E-state index contributed by atoms with van der Waals surface area (Å²) in [5.41, 5.74) is 0.